The highest BCUT2D eigenvalue weighted by atomic mass is 16.5. The lowest BCUT2D eigenvalue weighted by molar-refractivity contribution is 0.0588. The van der Waals surface area contributed by atoms with Crippen molar-refractivity contribution < 1.29 is 29.3 Å². The summed E-state index contributed by atoms with van der Waals surface area (Å²) in [7, 11) is 2.48. The normalized spacial score (nSPS) is 10.2. The fourth-order valence-corrected chi connectivity index (χ4v) is 2.62. The molecule has 0 aliphatic heterocycles. The zero-order chi connectivity index (χ0) is 19.3. The average molecular weight is 356 g/mol. The van der Waals surface area contributed by atoms with Gasteiger partial charge in [0.1, 0.15) is 22.6 Å². The number of carbonyl (C=O) groups excluding carboxylic acids is 2. The number of aromatic hydroxyl groups is 2. The zero-order valence-corrected chi connectivity index (χ0v) is 14.6. The van der Waals surface area contributed by atoms with Crippen molar-refractivity contribution >= 4 is 11.9 Å². The molecule has 6 heteroatoms. The predicted octanol–water partition coefficient (Wildman–Crippen LogP) is 3.01. The molecule has 0 aliphatic rings. The molecule has 6 nitrogen and oxygen atoms in total. The van der Waals surface area contributed by atoms with Gasteiger partial charge in [0.15, 0.2) is 0 Å². The number of benzene rings is 2. The van der Waals surface area contributed by atoms with Gasteiger partial charge in [-0.25, -0.2) is 9.59 Å². The molecular formula is C20H20O6. The second kappa shape index (κ2) is 8.20. The van der Waals surface area contributed by atoms with Crippen LogP contribution in [0.5, 0.6) is 11.5 Å². The van der Waals surface area contributed by atoms with E-state index in [0.717, 1.165) is 0 Å². The van der Waals surface area contributed by atoms with Crippen molar-refractivity contribution in [3.8, 4) is 11.5 Å². The summed E-state index contributed by atoms with van der Waals surface area (Å²) in [5.74, 6) is -1.57. The minimum atomic E-state index is -0.626. The Morgan fingerprint density at radius 3 is 1.58 bits per heavy atom. The van der Waals surface area contributed by atoms with Gasteiger partial charge in [-0.2, -0.15) is 0 Å². The largest absolute Gasteiger partial charge is 0.507 e. The van der Waals surface area contributed by atoms with E-state index in [1.165, 1.54) is 26.4 Å². The molecule has 26 heavy (non-hydrogen) atoms. The van der Waals surface area contributed by atoms with Gasteiger partial charge in [-0.1, -0.05) is 36.4 Å². The number of phenols is 2. The van der Waals surface area contributed by atoms with E-state index < -0.39 is 11.9 Å². The number of para-hydroxylation sites is 2. The standard InChI is InChI=1S/C20H20O6/c1-12(10-13-6-4-8-15(17(13)21)19(23)25-2)11-14-7-5-9-16(18(14)22)20(24)26-3/h4-9,21-22H,1,10-11H2,2-3H3. The molecular weight excluding hydrogens is 336 g/mol. The van der Waals surface area contributed by atoms with Crippen LogP contribution in [0.1, 0.15) is 31.8 Å². The number of phenolic OH excluding ortho intramolecular Hbond substituents is 2. The maximum absolute atomic E-state index is 11.7. The fraction of sp³-hybridized carbons (Fsp3) is 0.200. The summed E-state index contributed by atoms with van der Waals surface area (Å²) in [5, 5.41) is 20.5. The molecule has 0 saturated carbocycles. The minimum Gasteiger partial charge on any atom is -0.507 e. The van der Waals surface area contributed by atoms with E-state index in [9.17, 15) is 19.8 Å². The van der Waals surface area contributed by atoms with Crippen LogP contribution in [-0.4, -0.2) is 36.4 Å². The maximum Gasteiger partial charge on any atom is 0.341 e. The first-order valence-corrected chi connectivity index (χ1v) is 7.84. The molecule has 0 heterocycles. The van der Waals surface area contributed by atoms with Crippen LogP contribution in [0.3, 0.4) is 0 Å². The van der Waals surface area contributed by atoms with E-state index >= 15 is 0 Å². The lowest BCUT2D eigenvalue weighted by Gasteiger charge is -2.12. The summed E-state index contributed by atoms with van der Waals surface area (Å²) in [4.78, 5) is 23.3. The third-order valence-corrected chi connectivity index (χ3v) is 3.93. The lowest BCUT2D eigenvalue weighted by atomic mass is 9.96. The summed E-state index contributed by atoms with van der Waals surface area (Å²) in [5.41, 5.74) is 1.87. The van der Waals surface area contributed by atoms with Gasteiger partial charge in [-0.3, -0.25) is 0 Å². The van der Waals surface area contributed by atoms with Gasteiger partial charge < -0.3 is 19.7 Å². The van der Waals surface area contributed by atoms with Gasteiger partial charge in [0.05, 0.1) is 14.2 Å². The Morgan fingerprint density at radius 2 is 1.23 bits per heavy atom. The number of carbonyl (C=O) groups is 2. The van der Waals surface area contributed by atoms with Crippen LogP contribution in [0.2, 0.25) is 0 Å². The van der Waals surface area contributed by atoms with Crippen molar-refractivity contribution in [2.75, 3.05) is 14.2 Å². The molecule has 0 atom stereocenters. The third kappa shape index (κ3) is 4.03. The van der Waals surface area contributed by atoms with Crippen LogP contribution in [0.25, 0.3) is 0 Å². The molecule has 0 saturated heterocycles. The van der Waals surface area contributed by atoms with Gasteiger partial charge in [0.25, 0.3) is 0 Å². The van der Waals surface area contributed by atoms with Crippen LogP contribution in [0, 0.1) is 0 Å². The Hall–Kier alpha value is -3.28. The maximum atomic E-state index is 11.7. The monoisotopic (exact) mass is 356 g/mol. The predicted molar refractivity (Wildman–Crippen MR) is 95.4 cm³/mol. The number of esters is 2. The van der Waals surface area contributed by atoms with Crippen LogP contribution in [0.4, 0.5) is 0 Å². The van der Waals surface area contributed by atoms with Crippen molar-refractivity contribution in [1.29, 1.82) is 0 Å². The second-order valence-electron chi connectivity index (χ2n) is 5.71. The Labute approximate surface area is 151 Å². The Kier molecular flexibility index (Phi) is 6.01. The molecule has 0 fully saturated rings. The van der Waals surface area contributed by atoms with Gasteiger partial charge in [-0.05, 0) is 36.1 Å². The smallest absolute Gasteiger partial charge is 0.341 e. The summed E-state index contributed by atoms with van der Waals surface area (Å²) in [6.45, 7) is 3.96. The van der Waals surface area contributed by atoms with Gasteiger partial charge >= 0.3 is 11.9 Å². The molecule has 0 amide bonds. The number of hydrogen-bond donors (Lipinski definition) is 2. The van der Waals surface area contributed by atoms with Crippen LogP contribution < -0.4 is 0 Å². The van der Waals surface area contributed by atoms with Crippen LogP contribution in [0.15, 0.2) is 48.6 Å². The van der Waals surface area contributed by atoms with Crippen molar-refractivity contribution in [3.05, 3.63) is 70.8 Å². The Bertz CT molecular complexity index is 784. The van der Waals surface area contributed by atoms with E-state index in [4.69, 9.17) is 0 Å². The molecule has 136 valence electrons. The van der Waals surface area contributed by atoms with E-state index in [-0.39, 0.29) is 22.6 Å². The SMILES string of the molecule is C=C(Cc1cccc(C(=O)OC)c1O)Cc1cccc(C(=O)OC)c1O. The molecule has 2 aromatic carbocycles. The number of allylic oxidation sites excluding steroid dienone is 1. The second-order valence-corrected chi connectivity index (χ2v) is 5.71. The first kappa shape index (κ1) is 19.1. The highest BCUT2D eigenvalue weighted by Gasteiger charge is 2.17. The molecule has 0 spiro atoms. The first-order chi connectivity index (χ1) is 12.4. The molecule has 2 N–H and O–H groups in total. The van der Waals surface area contributed by atoms with E-state index in [1.54, 1.807) is 24.3 Å². The quantitative estimate of drug-likeness (QED) is 0.610. The van der Waals surface area contributed by atoms with E-state index in [0.29, 0.717) is 29.5 Å². The van der Waals surface area contributed by atoms with Crippen molar-refractivity contribution in [2.24, 2.45) is 0 Å². The summed E-state index contributed by atoms with van der Waals surface area (Å²) >= 11 is 0. The zero-order valence-electron chi connectivity index (χ0n) is 14.6. The van der Waals surface area contributed by atoms with Crippen LogP contribution >= 0.6 is 0 Å². The lowest BCUT2D eigenvalue weighted by Crippen LogP contribution is -2.05. The highest BCUT2D eigenvalue weighted by molar-refractivity contribution is 5.93. The number of ether oxygens (including phenoxy) is 2. The Morgan fingerprint density at radius 1 is 0.846 bits per heavy atom. The molecule has 2 aromatic rings. The van der Waals surface area contributed by atoms with Gasteiger partial charge in [0, 0.05) is 0 Å². The van der Waals surface area contributed by atoms with Crippen molar-refractivity contribution in [1.82, 2.24) is 0 Å². The van der Waals surface area contributed by atoms with E-state index in [1.807, 2.05) is 0 Å². The van der Waals surface area contributed by atoms with Gasteiger partial charge in [0.2, 0.25) is 0 Å². The van der Waals surface area contributed by atoms with Crippen LogP contribution in [-0.2, 0) is 22.3 Å². The topological polar surface area (TPSA) is 93.1 Å². The first-order valence-electron chi connectivity index (χ1n) is 7.84. The Balaban J connectivity index is 2.20. The number of hydrogen-bond acceptors (Lipinski definition) is 6. The van der Waals surface area contributed by atoms with Crippen molar-refractivity contribution in [2.45, 2.75) is 12.8 Å². The summed E-state index contributed by atoms with van der Waals surface area (Å²) in [6.07, 6.45) is 0.580. The van der Waals surface area contributed by atoms with Crippen molar-refractivity contribution in [3.63, 3.8) is 0 Å². The average Bonchev–Trinajstić information content (AvgIpc) is 2.64. The highest BCUT2D eigenvalue weighted by Crippen LogP contribution is 2.29. The fourth-order valence-electron chi connectivity index (χ4n) is 2.62. The molecule has 0 bridgehead atoms. The molecule has 2 rings (SSSR count). The molecule has 0 radical (unpaired) electrons. The third-order valence-electron chi connectivity index (χ3n) is 3.93. The molecule has 0 aromatic heterocycles. The number of methoxy groups -OCH3 is 2. The molecule has 0 aliphatic carbocycles. The number of rotatable bonds is 6. The van der Waals surface area contributed by atoms with E-state index in [2.05, 4.69) is 16.1 Å². The minimum absolute atomic E-state index is 0.0772. The van der Waals surface area contributed by atoms with Gasteiger partial charge in [-0.15, -0.1) is 0 Å². The molecule has 0 unspecified atom stereocenters. The summed E-state index contributed by atoms with van der Waals surface area (Å²) in [6, 6.07) is 9.58. The summed E-state index contributed by atoms with van der Waals surface area (Å²) < 4.78 is 9.27.